The number of rotatable bonds is 5. The number of hydrogen-bond acceptors (Lipinski definition) is 0. The number of halogens is 2. The summed E-state index contributed by atoms with van der Waals surface area (Å²) in [5.74, 6) is 0. The van der Waals surface area contributed by atoms with Crippen LogP contribution in [-0.2, 0) is 23.2 Å². The third-order valence-corrected chi connectivity index (χ3v) is 7.84. The maximum Gasteiger partial charge on any atom is -1.00 e. The molecule has 3 heteroatoms. The Hall–Kier alpha value is -0.357. The summed E-state index contributed by atoms with van der Waals surface area (Å²) in [5.41, 5.74) is 4.68. The molecule has 0 heterocycles. The van der Waals surface area contributed by atoms with Gasteiger partial charge in [-0.15, -0.1) is 0 Å². The molecule has 0 nitrogen and oxygen atoms in total. The number of benzene rings is 1. The van der Waals surface area contributed by atoms with E-state index < -0.39 is 23.2 Å². The average Bonchev–Trinajstić information content (AvgIpc) is 3.05. The van der Waals surface area contributed by atoms with Gasteiger partial charge in [0, 0.05) is 0 Å². The standard InChI is InChI=1S/C9H7.C9H11.2ClH.Zr/c1-2-5-9-7-3-6-8(9)4-1;1-2-3-6-9-7-4-5-8-9;;;/h1-7H;2,4-5H,1,3,6-7H2;2*1H;/q;;;;+2/p-2. The van der Waals surface area contributed by atoms with Crippen LogP contribution in [-0.4, -0.2) is 0 Å². The predicted molar refractivity (Wildman–Crippen MR) is 78.4 cm³/mol. The van der Waals surface area contributed by atoms with E-state index in [1.807, 2.05) is 6.08 Å². The van der Waals surface area contributed by atoms with Gasteiger partial charge in [0.15, 0.2) is 0 Å². The molecule has 108 valence electrons. The van der Waals surface area contributed by atoms with Crippen LogP contribution in [0, 0.1) is 0 Å². The van der Waals surface area contributed by atoms with E-state index in [1.54, 1.807) is 14.4 Å². The zero-order valence-electron chi connectivity index (χ0n) is 11.9. The molecule has 0 amide bonds. The van der Waals surface area contributed by atoms with Gasteiger partial charge >= 0.3 is 127 Å². The van der Waals surface area contributed by atoms with Crippen LogP contribution in [0.5, 0.6) is 0 Å². The molecule has 0 fully saturated rings. The molecule has 0 bridgehead atoms. The maximum absolute atomic E-state index is 3.84. The Labute approximate surface area is 151 Å². The summed E-state index contributed by atoms with van der Waals surface area (Å²) in [5, 5.41) is 0. The first-order chi connectivity index (χ1) is 9.38. The molecule has 0 saturated carbocycles. The Morgan fingerprint density at radius 3 is 2.81 bits per heavy atom. The molecule has 1 atom stereocenters. The Kier molecular flexibility index (Phi) is 7.95. The van der Waals surface area contributed by atoms with Gasteiger partial charge in [-0.05, 0) is 0 Å². The van der Waals surface area contributed by atoms with Crippen LogP contribution in [0.3, 0.4) is 0 Å². The van der Waals surface area contributed by atoms with Crippen molar-refractivity contribution in [3.8, 4) is 0 Å². The van der Waals surface area contributed by atoms with Gasteiger partial charge < -0.3 is 24.8 Å². The van der Waals surface area contributed by atoms with Crippen molar-refractivity contribution in [2.45, 2.75) is 22.9 Å². The molecular weight excluding hydrogens is 378 g/mol. The molecule has 2 aliphatic carbocycles. The average molecular weight is 396 g/mol. The summed E-state index contributed by atoms with van der Waals surface area (Å²) in [6.45, 7) is 3.84. The van der Waals surface area contributed by atoms with Crippen LogP contribution in [0.2, 0.25) is 0 Å². The molecule has 0 N–H and O–H groups in total. The molecule has 21 heavy (non-hydrogen) atoms. The molecule has 3 rings (SSSR count). The van der Waals surface area contributed by atoms with Gasteiger partial charge in [-0.3, -0.25) is 0 Å². The smallest absolute Gasteiger partial charge is 1.00 e. The second-order valence-electron chi connectivity index (χ2n) is 5.06. The largest absolute Gasteiger partial charge is 1.00 e. The summed E-state index contributed by atoms with van der Waals surface area (Å²) in [7, 11) is 0. The van der Waals surface area contributed by atoms with Crippen molar-refractivity contribution in [2.24, 2.45) is 0 Å². The number of hydrogen-bond donors (Lipinski definition) is 0. The van der Waals surface area contributed by atoms with Gasteiger partial charge in [-0.25, -0.2) is 0 Å². The minimum absolute atomic E-state index is 0. The van der Waals surface area contributed by atoms with Crippen LogP contribution in [0.25, 0.3) is 6.08 Å². The first kappa shape index (κ1) is 18.7. The third kappa shape index (κ3) is 4.32. The second kappa shape index (κ2) is 8.93. The summed E-state index contributed by atoms with van der Waals surface area (Å²) in [6.07, 6.45) is 15.0. The fourth-order valence-electron chi connectivity index (χ4n) is 2.75. The summed E-state index contributed by atoms with van der Waals surface area (Å²) < 4.78 is 2.45. The molecule has 1 aromatic rings. The van der Waals surface area contributed by atoms with Crippen molar-refractivity contribution in [3.05, 3.63) is 75.1 Å². The SMILES string of the molecule is C=CCCC1=[C]([Zr+2][CH]2C=Cc3ccccc32)C=CC1.[Cl-].[Cl-]. The van der Waals surface area contributed by atoms with Gasteiger partial charge in [-0.2, -0.15) is 0 Å². The van der Waals surface area contributed by atoms with Gasteiger partial charge in [0.1, 0.15) is 0 Å². The van der Waals surface area contributed by atoms with E-state index in [4.69, 9.17) is 0 Å². The first-order valence-electron chi connectivity index (χ1n) is 6.91. The molecule has 0 radical (unpaired) electrons. The van der Waals surface area contributed by atoms with Crippen molar-refractivity contribution in [1.29, 1.82) is 0 Å². The Morgan fingerprint density at radius 2 is 2.00 bits per heavy atom. The molecule has 2 aliphatic rings. The Bertz CT molecular complexity index is 585. The summed E-state index contributed by atoms with van der Waals surface area (Å²) in [4.78, 5) is 0. The predicted octanol–water partition coefficient (Wildman–Crippen LogP) is -0.975. The fourth-order valence-corrected chi connectivity index (χ4v) is 6.66. The normalized spacial score (nSPS) is 17.8. The quantitative estimate of drug-likeness (QED) is 0.562. The molecule has 1 unspecified atom stereocenters. The zero-order valence-corrected chi connectivity index (χ0v) is 15.8. The fraction of sp³-hybridized carbons (Fsp3) is 0.222. The number of allylic oxidation sites excluding steroid dienone is 6. The maximum atomic E-state index is 3.84. The van der Waals surface area contributed by atoms with Crippen molar-refractivity contribution >= 4 is 6.08 Å². The van der Waals surface area contributed by atoms with Gasteiger partial charge in [0.05, 0.1) is 0 Å². The van der Waals surface area contributed by atoms with Crippen molar-refractivity contribution in [3.63, 3.8) is 0 Å². The van der Waals surface area contributed by atoms with Crippen LogP contribution in [0.1, 0.15) is 34.0 Å². The van der Waals surface area contributed by atoms with Crippen LogP contribution in [0.4, 0.5) is 0 Å². The molecule has 0 aliphatic heterocycles. The van der Waals surface area contributed by atoms with Crippen molar-refractivity contribution in [1.82, 2.24) is 0 Å². The van der Waals surface area contributed by atoms with E-state index in [-0.39, 0.29) is 24.8 Å². The topological polar surface area (TPSA) is 0 Å². The summed E-state index contributed by atoms with van der Waals surface area (Å²) >= 11 is -0.561. The Balaban J connectivity index is 0.00000110. The molecule has 0 aromatic heterocycles. The third-order valence-electron chi connectivity index (χ3n) is 3.79. The van der Waals surface area contributed by atoms with Gasteiger partial charge in [0.25, 0.3) is 0 Å². The van der Waals surface area contributed by atoms with Gasteiger partial charge in [-0.1, -0.05) is 0 Å². The minimum Gasteiger partial charge on any atom is -1.00 e. The van der Waals surface area contributed by atoms with Crippen LogP contribution in [0.15, 0.2) is 64.0 Å². The number of fused-ring (bicyclic) bond motifs is 1. The van der Waals surface area contributed by atoms with Crippen LogP contribution >= 0.6 is 0 Å². The van der Waals surface area contributed by atoms with E-state index in [0.717, 1.165) is 10.0 Å². The minimum atomic E-state index is -0.561. The Morgan fingerprint density at radius 1 is 1.19 bits per heavy atom. The van der Waals surface area contributed by atoms with E-state index in [2.05, 4.69) is 55.1 Å². The summed E-state index contributed by atoms with van der Waals surface area (Å²) in [6, 6.07) is 8.86. The second-order valence-corrected chi connectivity index (χ2v) is 8.62. The molecule has 1 aromatic carbocycles. The van der Waals surface area contributed by atoms with Crippen LogP contribution < -0.4 is 24.8 Å². The van der Waals surface area contributed by atoms with E-state index in [0.29, 0.717) is 0 Å². The van der Waals surface area contributed by atoms with E-state index in [1.165, 1.54) is 18.4 Å². The molecular formula is C18H18Cl2Zr. The monoisotopic (exact) mass is 394 g/mol. The zero-order chi connectivity index (χ0) is 13.1. The van der Waals surface area contributed by atoms with Crippen molar-refractivity contribution in [2.75, 3.05) is 0 Å². The molecule has 0 saturated heterocycles. The van der Waals surface area contributed by atoms with Crippen molar-refractivity contribution < 1.29 is 48.0 Å². The van der Waals surface area contributed by atoms with Gasteiger partial charge in [0.2, 0.25) is 0 Å². The molecule has 0 spiro atoms. The van der Waals surface area contributed by atoms with E-state index >= 15 is 0 Å². The van der Waals surface area contributed by atoms with E-state index in [9.17, 15) is 0 Å². The first-order valence-corrected chi connectivity index (χ1v) is 9.56.